The lowest BCUT2D eigenvalue weighted by Gasteiger charge is -2.11. The van der Waals surface area contributed by atoms with Crippen LogP contribution in [-0.2, 0) is 11.2 Å². The molecule has 2 aromatic carbocycles. The summed E-state index contributed by atoms with van der Waals surface area (Å²) in [6.07, 6.45) is -0.605. The number of rotatable bonds is 1. The van der Waals surface area contributed by atoms with Crippen molar-refractivity contribution in [3.63, 3.8) is 0 Å². The molecule has 2 aliphatic rings. The third-order valence-electron chi connectivity index (χ3n) is 3.86. The summed E-state index contributed by atoms with van der Waals surface area (Å²) >= 11 is 0. The van der Waals surface area contributed by atoms with Crippen LogP contribution in [0.25, 0.3) is 0 Å². The zero-order valence-electron chi connectivity index (χ0n) is 11.8. The van der Waals surface area contributed by atoms with E-state index in [0.29, 0.717) is 17.2 Å². The fraction of sp³-hybridized carbons (Fsp3) is 0.176. The zero-order chi connectivity index (χ0) is 15.1. The quantitative estimate of drug-likeness (QED) is 0.868. The van der Waals surface area contributed by atoms with E-state index in [-0.39, 0.29) is 19.0 Å². The Hall–Kier alpha value is -2.66. The van der Waals surface area contributed by atoms with Gasteiger partial charge in [0.1, 0.15) is 0 Å². The molecule has 4 rings (SSSR count). The first-order valence-corrected chi connectivity index (χ1v) is 7.07. The van der Waals surface area contributed by atoms with Crippen molar-refractivity contribution in [2.75, 3.05) is 6.79 Å². The molecule has 2 aromatic rings. The van der Waals surface area contributed by atoms with Gasteiger partial charge in [-0.2, -0.15) is 0 Å². The molecule has 0 amide bonds. The number of Topliss-reactive ketones (excluding diaryl/α,β-unsaturated/α-hetero) is 1. The van der Waals surface area contributed by atoms with E-state index in [1.54, 1.807) is 0 Å². The SMILES string of the molecule is N[C@H]1N=C(c2ccccc2)c2cc3c(cc2CC1=O)OCO3. The molecular formula is C17H14N2O3. The molecule has 110 valence electrons. The molecule has 0 aliphatic carbocycles. The molecule has 0 spiro atoms. The van der Waals surface area contributed by atoms with Crippen molar-refractivity contribution in [1.29, 1.82) is 0 Å². The fourth-order valence-corrected chi connectivity index (χ4v) is 2.75. The zero-order valence-corrected chi connectivity index (χ0v) is 11.8. The first kappa shape index (κ1) is 13.0. The van der Waals surface area contributed by atoms with E-state index >= 15 is 0 Å². The van der Waals surface area contributed by atoms with Crippen molar-refractivity contribution in [2.45, 2.75) is 12.6 Å². The molecule has 0 saturated heterocycles. The Morgan fingerprint density at radius 3 is 2.59 bits per heavy atom. The Morgan fingerprint density at radius 1 is 1.09 bits per heavy atom. The second kappa shape index (κ2) is 4.96. The van der Waals surface area contributed by atoms with Gasteiger partial charge in [0.15, 0.2) is 23.4 Å². The minimum atomic E-state index is -0.848. The van der Waals surface area contributed by atoms with E-state index < -0.39 is 6.17 Å². The van der Waals surface area contributed by atoms with Crippen LogP contribution >= 0.6 is 0 Å². The first-order valence-electron chi connectivity index (χ1n) is 7.07. The smallest absolute Gasteiger partial charge is 0.231 e. The highest BCUT2D eigenvalue weighted by Crippen LogP contribution is 2.36. The predicted molar refractivity (Wildman–Crippen MR) is 81.3 cm³/mol. The molecule has 0 radical (unpaired) electrons. The maximum Gasteiger partial charge on any atom is 0.231 e. The van der Waals surface area contributed by atoms with Crippen molar-refractivity contribution < 1.29 is 14.3 Å². The van der Waals surface area contributed by atoms with Crippen molar-refractivity contribution in [3.05, 3.63) is 59.2 Å². The topological polar surface area (TPSA) is 73.9 Å². The molecule has 2 N–H and O–H groups in total. The van der Waals surface area contributed by atoms with Gasteiger partial charge < -0.3 is 15.2 Å². The van der Waals surface area contributed by atoms with Gasteiger partial charge in [0.05, 0.1) is 5.71 Å². The minimum Gasteiger partial charge on any atom is -0.454 e. The van der Waals surface area contributed by atoms with Crippen LogP contribution in [0.1, 0.15) is 16.7 Å². The van der Waals surface area contributed by atoms with Gasteiger partial charge in [-0.25, -0.2) is 0 Å². The number of nitrogens with zero attached hydrogens (tertiary/aromatic N) is 1. The van der Waals surface area contributed by atoms with Gasteiger partial charge in [-0.3, -0.25) is 9.79 Å². The third kappa shape index (κ3) is 2.07. The highest BCUT2D eigenvalue weighted by molar-refractivity contribution is 6.16. The van der Waals surface area contributed by atoms with Crippen LogP contribution in [0.4, 0.5) is 0 Å². The lowest BCUT2D eigenvalue weighted by molar-refractivity contribution is -0.119. The number of hydrogen-bond donors (Lipinski definition) is 1. The summed E-state index contributed by atoms with van der Waals surface area (Å²) in [4.78, 5) is 16.6. The first-order chi connectivity index (χ1) is 10.7. The number of fused-ring (bicyclic) bond motifs is 2. The van der Waals surface area contributed by atoms with Gasteiger partial charge in [0, 0.05) is 17.5 Å². The molecule has 0 saturated carbocycles. The largest absolute Gasteiger partial charge is 0.454 e. The number of nitrogens with two attached hydrogens (primary N) is 1. The van der Waals surface area contributed by atoms with Gasteiger partial charge >= 0.3 is 0 Å². The van der Waals surface area contributed by atoms with Crippen molar-refractivity contribution >= 4 is 11.5 Å². The maximum atomic E-state index is 12.1. The third-order valence-corrected chi connectivity index (χ3v) is 3.86. The number of carbonyl (C=O) groups excluding carboxylic acids is 1. The van der Waals surface area contributed by atoms with Crippen LogP contribution < -0.4 is 15.2 Å². The molecule has 2 heterocycles. The van der Waals surface area contributed by atoms with Gasteiger partial charge in [-0.15, -0.1) is 0 Å². The van der Waals surface area contributed by atoms with Gasteiger partial charge in [-0.1, -0.05) is 30.3 Å². The second-order valence-electron chi connectivity index (χ2n) is 5.29. The summed E-state index contributed by atoms with van der Waals surface area (Å²) in [5.74, 6) is 1.23. The molecule has 1 atom stereocenters. The average molecular weight is 294 g/mol. The van der Waals surface area contributed by atoms with Crippen LogP contribution in [0.15, 0.2) is 47.5 Å². The summed E-state index contributed by atoms with van der Waals surface area (Å²) in [7, 11) is 0. The van der Waals surface area contributed by atoms with Crippen molar-refractivity contribution in [1.82, 2.24) is 0 Å². The van der Waals surface area contributed by atoms with E-state index in [1.165, 1.54) is 0 Å². The summed E-state index contributed by atoms with van der Waals surface area (Å²) in [5.41, 5.74) is 9.28. The maximum absolute atomic E-state index is 12.1. The summed E-state index contributed by atoms with van der Waals surface area (Å²) in [5, 5.41) is 0. The Bertz CT molecular complexity index is 784. The van der Waals surface area contributed by atoms with Gasteiger partial charge in [-0.05, 0) is 17.7 Å². The van der Waals surface area contributed by atoms with Crippen LogP contribution in [0, 0.1) is 0 Å². The number of hydrogen-bond acceptors (Lipinski definition) is 5. The van der Waals surface area contributed by atoms with E-state index in [2.05, 4.69) is 4.99 Å². The Kier molecular flexibility index (Phi) is 2.94. The summed E-state index contributed by atoms with van der Waals surface area (Å²) < 4.78 is 10.9. The molecule has 2 aliphatic heterocycles. The number of aliphatic imine (C=N–C) groups is 1. The Balaban J connectivity index is 1.94. The van der Waals surface area contributed by atoms with Crippen LogP contribution in [0.2, 0.25) is 0 Å². The second-order valence-corrected chi connectivity index (χ2v) is 5.29. The van der Waals surface area contributed by atoms with E-state index in [0.717, 1.165) is 16.7 Å². The molecule has 0 aromatic heterocycles. The summed E-state index contributed by atoms with van der Waals surface area (Å²) in [6.45, 7) is 0.198. The average Bonchev–Trinajstić information content (AvgIpc) is 2.95. The molecule has 0 unspecified atom stereocenters. The summed E-state index contributed by atoms with van der Waals surface area (Å²) in [6, 6.07) is 13.4. The van der Waals surface area contributed by atoms with Crippen LogP contribution in [-0.4, -0.2) is 24.5 Å². The molecule has 22 heavy (non-hydrogen) atoms. The lowest BCUT2D eigenvalue weighted by atomic mass is 9.95. The molecule has 5 nitrogen and oxygen atoms in total. The van der Waals surface area contributed by atoms with Crippen LogP contribution in [0.5, 0.6) is 11.5 Å². The number of carbonyl (C=O) groups is 1. The predicted octanol–water partition coefficient (Wildman–Crippen LogP) is 1.66. The standard InChI is InChI=1S/C17H14N2O3/c18-17-13(20)6-11-7-14-15(22-9-21-14)8-12(11)16(19-17)10-4-2-1-3-5-10/h1-5,7-8,17H,6,9,18H2/t17-/m0/s1. The number of ketones is 1. The van der Waals surface area contributed by atoms with Gasteiger partial charge in [0.25, 0.3) is 0 Å². The number of benzene rings is 2. The molecule has 0 bridgehead atoms. The lowest BCUT2D eigenvalue weighted by Crippen LogP contribution is -2.29. The highest BCUT2D eigenvalue weighted by Gasteiger charge is 2.27. The van der Waals surface area contributed by atoms with Gasteiger partial charge in [0.2, 0.25) is 6.79 Å². The van der Waals surface area contributed by atoms with Crippen molar-refractivity contribution in [2.24, 2.45) is 10.7 Å². The fourth-order valence-electron chi connectivity index (χ4n) is 2.75. The Labute approximate surface area is 127 Å². The normalized spacial score (nSPS) is 19.4. The van der Waals surface area contributed by atoms with Crippen LogP contribution in [0.3, 0.4) is 0 Å². The van der Waals surface area contributed by atoms with E-state index in [9.17, 15) is 4.79 Å². The monoisotopic (exact) mass is 294 g/mol. The number of ether oxygens (including phenoxy) is 2. The molecule has 0 fully saturated rings. The Morgan fingerprint density at radius 2 is 1.82 bits per heavy atom. The molecule has 5 heteroatoms. The highest BCUT2D eigenvalue weighted by atomic mass is 16.7. The minimum absolute atomic E-state index is 0.106. The van der Waals surface area contributed by atoms with E-state index in [1.807, 2.05) is 42.5 Å². The molecular weight excluding hydrogens is 280 g/mol. The van der Waals surface area contributed by atoms with E-state index in [4.69, 9.17) is 15.2 Å². The van der Waals surface area contributed by atoms with Crippen molar-refractivity contribution in [3.8, 4) is 11.5 Å².